The molecule has 0 fully saturated rings. The highest BCUT2D eigenvalue weighted by Gasteiger charge is 2.26. The van der Waals surface area contributed by atoms with Gasteiger partial charge in [0.05, 0.1) is 18.8 Å². The highest BCUT2D eigenvalue weighted by atomic mass is 16.2. The zero-order valence-corrected chi connectivity index (χ0v) is 26.3. The van der Waals surface area contributed by atoms with Crippen LogP contribution in [0.15, 0.2) is 122 Å². The number of fused-ring (bicyclic) bond motifs is 3. The summed E-state index contributed by atoms with van der Waals surface area (Å²) in [7, 11) is 0. The lowest BCUT2D eigenvalue weighted by atomic mass is 10.0. The van der Waals surface area contributed by atoms with Crippen molar-refractivity contribution in [3.8, 4) is 0 Å². The molecule has 48 heavy (non-hydrogen) atoms. The number of H-pyrrole nitrogens is 2. The van der Waals surface area contributed by atoms with Crippen LogP contribution in [0.4, 0.5) is 0 Å². The van der Waals surface area contributed by atoms with Gasteiger partial charge in [0.15, 0.2) is 5.82 Å². The van der Waals surface area contributed by atoms with Crippen LogP contribution in [0.2, 0.25) is 0 Å². The maximum absolute atomic E-state index is 13.6. The molecule has 8 aromatic rings. The zero-order valence-electron chi connectivity index (χ0n) is 26.3. The number of para-hydroxylation sites is 2. The third-order valence-corrected chi connectivity index (χ3v) is 9.10. The van der Waals surface area contributed by atoms with E-state index in [0.717, 1.165) is 52.6 Å². The quantitative estimate of drug-likeness (QED) is 0.141. The highest BCUT2D eigenvalue weighted by molar-refractivity contribution is 5.92. The summed E-state index contributed by atoms with van der Waals surface area (Å²) in [5.41, 5.74) is 5.98. The molecule has 9 heteroatoms. The summed E-state index contributed by atoms with van der Waals surface area (Å²) in [6.45, 7) is 0.567. The van der Waals surface area contributed by atoms with E-state index in [-0.39, 0.29) is 11.6 Å². The number of carbonyl (C=O) groups excluding carboxylic acids is 1. The second-order valence-corrected chi connectivity index (χ2v) is 12.1. The molecule has 1 atom stereocenters. The summed E-state index contributed by atoms with van der Waals surface area (Å²) in [4.78, 5) is 28.8. The van der Waals surface area contributed by atoms with Gasteiger partial charge in [-0.1, -0.05) is 78.9 Å². The number of nitrogens with zero attached hydrogens (tertiary/aromatic N) is 5. The molecule has 1 amide bonds. The Hall–Kier alpha value is -6.09. The Balaban J connectivity index is 1.17. The number of amides is 1. The SMILES string of the molecule is O=C(N[C@H](Cc1c[nH]c2ccccc12)c1nnc(CCCc2c[nH]c3ccccc23)n1Cc1cccc2ccccc12)c1cnccn1. The maximum Gasteiger partial charge on any atom is 0.272 e. The van der Waals surface area contributed by atoms with E-state index >= 15 is 0 Å². The van der Waals surface area contributed by atoms with E-state index in [9.17, 15) is 4.79 Å². The average molecular weight is 631 g/mol. The predicted molar refractivity (Wildman–Crippen MR) is 188 cm³/mol. The van der Waals surface area contributed by atoms with Crippen LogP contribution in [0.3, 0.4) is 0 Å². The third kappa shape index (κ3) is 5.82. The summed E-state index contributed by atoms with van der Waals surface area (Å²) in [5.74, 6) is 1.27. The topological polar surface area (TPSA) is 117 Å². The molecule has 0 aliphatic heterocycles. The van der Waals surface area contributed by atoms with Gasteiger partial charge >= 0.3 is 0 Å². The lowest BCUT2D eigenvalue weighted by molar-refractivity contribution is 0.0928. The minimum Gasteiger partial charge on any atom is -0.361 e. The van der Waals surface area contributed by atoms with Crippen LogP contribution in [0.5, 0.6) is 0 Å². The van der Waals surface area contributed by atoms with Gasteiger partial charge in [-0.05, 0) is 52.4 Å². The maximum atomic E-state index is 13.6. The van der Waals surface area contributed by atoms with Gasteiger partial charge in [0.1, 0.15) is 11.5 Å². The smallest absolute Gasteiger partial charge is 0.272 e. The van der Waals surface area contributed by atoms with E-state index in [0.29, 0.717) is 18.8 Å². The molecular formula is C39H34N8O. The first-order chi connectivity index (χ1) is 23.7. The number of rotatable bonds is 11. The number of benzene rings is 4. The molecule has 0 bridgehead atoms. The third-order valence-electron chi connectivity index (χ3n) is 9.10. The summed E-state index contributed by atoms with van der Waals surface area (Å²) in [6.07, 6.45) is 11.7. The van der Waals surface area contributed by atoms with Crippen LogP contribution in [0.1, 0.15) is 51.3 Å². The van der Waals surface area contributed by atoms with E-state index in [4.69, 9.17) is 10.2 Å². The van der Waals surface area contributed by atoms with Gasteiger partial charge < -0.3 is 19.9 Å². The molecule has 4 heterocycles. The standard InChI is InChI=1S/C39H34N8O/c48-39(36-24-40-19-20-41-36)44-35(21-29-23-43-34-17-6-4-15-32(29)34)38-46-45-37(18-8-11-27-22-42-33-16-5-3-14-31(27)33)47(38)25-28-12-7-10-26-9-1-2-13-30(26)28/h1-7,9-10,12-17,19-20,22-24,35,42-43H,8,11,18,21,25H2,(H,44,48)/t35-/m1/s1. The Labute approximate surface area is 277 Å². The number of aryl methyl sites for hydroxylation is 2. The van der Waals surface area contributed by atoms with Crippen LogP contribution in [-0.2, 0) is 25.8 Å². The lowest BCUT2D eigenvalue weighted by Crippen LogP contribution is -2.33. The minimum atomic E-state index is -0.483. The number of aromatic amines is 2. The zero-order chi connectivity index (χ0) is 32.3. The molecule has 3 N–H and O–H groups in total. The van der Waals surface area contributed by atoms with Gasteiger partial charge in [-0.25, -0.2) is 4.98 Å². The van der Waals surface area contributed by atoms with E-state index in [1.807, 2.05) is 18.3 Å². The summed E-state index contributed by atoms with van der Waals surface area (Å²) in [6, 6.07) is 30.9. The van der Waals surface area contributed by atoms with Gasteiger partial charge in [-0.15, -0.1) is 10.2 Å². The second-order valence-electron chi connectivity index (χ2n) is 12.1. The van der Waals surface area contributed by atoms with Crippen LogP contribution < -0.4 is 5.32 Å². The molecule has 0 spiro atoms. The Morgan fingerprint density at radius 1 is 0.729 bits per heavy atom. The van der Waals surface area contributed by atoms with Crippen molar-refractivity contribution in [1.82, 2.24) is 40.0 Å². The van der Waals surface area contributed by atoms with Crippen LogP contribution in [-0.4, -0.2) is 40.6 Å². The molecule has 0 aliphatic carbocycles. The van der Waals surface area contributed by atoms with Crippen molar-refractivity contribution < 1.29 is 4.79 Å². The Kier molecular flexibility index (Phi) is 7.92. The van der Waals surface area contributed by atoms with Crippen LogP contribution >= 0.6 is 0 Å². The fourth-order valence-electron chi connectivity index (χ4n) is 6.72. The van der Waals surface area contributed by atoms with Gasteiger partial charge in [0.2, 0.25) is 0 Å². The molecule has 236 valence electrons. The molecule has 8 rings (SSSR count). The summed E-state index contributed by atoms with van der Waals surface area (Å²) in [5, 5.41) is 17.6. The minimum absolute atomic E-state index is 0.250. The van der Waals surface area contributed by atoms with Crippen LogP contribution in [0.25, 0.3) is 32.6 Å². The van der Waals surface area contributed by atoms with Crippen molar-refractivity contribution in [3.63, 3.8) is 0 Å². The van der Waals surface area contributed by atoms with Gasteiger partial charge in [0, 0.05) is 59.4 Å². The van der Waals surface area contributed by atoms with Gasteiger partial charge in [0.25, 0.3) is 5.91 Å². The normalized spacial score (nSPS) is 12.2. The highest BCUT2D eigenvalue weighted by Crippen LogP contribution is 2.28. The number of carbonyl (C=O) groups is 1. The number of nitrogens with one attached hydrogen (secondary N) is 3. The first-order valence-corrected chi connectivity index (χ1v) is 16.3. The molecule has 0 unspecified atom stereocenters. The van der Waals surface area contributed by atoms with Crippen molar-refractivity contribution in [2.45, 2.75) is 38.3 Å². The molecular weight excluding hydrogens is 596 g/mol. The fourth-order valence-corrected chi connectivity index (χ4v) is 6.72. The Morgan fingerprint density at radius 2 is 1.44 bits per heavy atom. The Bertz CT molecular complexity index is 2350. The van der Waals surface area contributed by atoms with Crippen molar-refractivity contribution in [1.29, 1.82) is 0 Å². The average Bonchev–Trinajstić information content (AvgIpc) is 3.86. The van der Waals surface area contributed by atoms with E-state index in [2.05, 4.69) is 115 Å². The molecule has 4 aromatic heterocycles. The molecule has 9 nitrogen and oxygen atoms in total. The number of aromatic nitrogens is 7. The first kappa shape index (κ1) is 29.3. The van der Waals surface area contributed by atoms with Crippen molar-refractivity contribution in [3.05, 3.63) is 156 Å². The van der Waals surface area contributed by atoms with Gasteiger partial charge in [-0.2, -0.15) is 0 Å². The van der Waals surface area contributed by atoms with Gasteiger partial charge in [-0.3, -0.25) is 9.78 Å². The monoisotopic (exact) mass is 630 g/mol. The second kappa shape index (κ2) is 13.0. The van der Waals surface area contributed by atoms with E-state index in [1.54, 1.807) is 6.20 Å². The lowest BCUT2D eigenvalue weighted by Gasteiger charge is -2.20. The molecule has 0 saturated carbocycles. The first-order valence-electron chi connectivity index (χ1n) is 16.3. The number of hydrogen-bond donors (Lipinski definition) is 3. The fraction of sp³-hybridized carbons (Fsp3) is 0.154. The molecule has 4 aromatic carbocycles. The predicted octanol–water partition coefficient (Wildman–Crippen LogP) is 7.12. The summed E-state index contributed by atoms with van der Waals surface area (Å²) >= 11 is 0. The molecule has 0 aliphatic rings. The van der Waals surface area contributed by atoms with E-state index < -0.39 is 6.04 Å². The van der Waals surface area contributed by atoms with E-state index in [1.165, 1.54) is 34.1 Å². The number of hydrogen-bond acceptors (Lipinski definition) is 5. The van der Waals surface area contributed by atoms with Crippen molar-refractivity contribution in [2.24, 2.45) is 0 Å². The van der Waals surface area contributed by atoms with Crippen molar-refractivity contribution in [2.75, 3.05) is 0 Å². The molecule has 0 saturated heterocycles. The van der Waals surface area contributed by atoms with Crippen molar-refractivity contribution >= 4 is 38.5 Å². The Morgan fingerprint density at radius 3 is 2.23 bits per heavy atom. The molecule has 0 radical (unpaired) electrons. The van der Waals surface area contributed by atoms with Crippen LogP contribution in [0, 0.1) is 0 Å². The largest absolute Gasteiger partial charge is 0.361 e. The summed E-state index contributed by atoms with van der Waals surface area (Å²) < 4.78 is 2.20.